The summed E-state index contributed by atoms with van der Waals surface area (Å²) in [6.07, 6.45) is 11.6. The number of likely N-dealkylation sites (tertiary alicyclic amines) is 1. The minimum absolute atomic E-state index is 0.0527. The van der Waals surface area contributed by atoms with E-state index in [1.54, 1.807) is 12.4 Å². The molecule has 4 rings (SSSR count). The van der Waals surface area contributed by atoms with Crippen molar-refractivity contribution in [1.82, 2.24) is 19.4 Å². The highest BCUT2D eigenvalue weighted by atomic mass is 16.2. The van der Waals surface area contributed by atoms with E-state index in [1.807, 2.05) is 41.6 Å². The molecule has 142 valence electrons. The Labute approximate surface area is 164 Å². The second kappa shape index (κ2) is 8.13. The summed E-state index contributed by atoms with van der Waals surface area (Å²) in [5, 5.41) is 9.97. The highest BCUT2D eigenvalue weighted by Gasteiger charge is 2.23. The predicted octanol–water partition coefficient (Wildman–Crippen LogP) is 3.70. The van der Waals surface area contributed by atoms with Crippen molar-refractivity contribution in [2.45, 2.75) is 31.7 Å². The van der Waals surface area contributed by atoms with Crippen LogP contribution >= 0.6 is 0 Å². The van der Waals surface area contributed by atoms with Gasteiger partial charge in [0.1, 0.15) is 0 Å². The Morgan fingerprint density at radius 2 is 2.14 bits per heavy atom. The van der Waals surface area contributed by atoms with Crippen LogP contribution in [0.2, 0.25) is 0 Å². The van der Waals surface area contributed by atoms with Crippen LogP contribution in [0, 0.1) is 11.3 Å². The van der Waals surface area contributed by atoms with Crippen molar-refractivity contribution in [3.05, 3.63) is 60.3 Å². The van der Waals surface area contributed by atoms with E-state index in [2.05, 4.69) is 26.7 Å². The Hall–Kier alpha value is -3.33. The number of imidazole rings is 1. The second-order valence-corrected chi connectivity index (χ2v) is 7.14. The number of nitrogens with zero attached hydrogens (tertiary/aromatic N) is 4. The highest BCUT2D eigenvalue weighted by Crippen LogP contribution is 2.27. The molecule has 2 aromatic heterocycles. The van der Waals surface area contributed by atoms with E-state index in [0.29, 0.717) is 18.9 Å². The van der Waals surface area contributed by atoms with Crippen LogP contribution in [-0.2, 0) is 11.3 Å². The van der Waals surface area contributed by atoms with Crippen LogP contribution < -0.4 is 0 Å². The van der Waals surface area contributed by atoms with Crippen molar-refractivity contribution in [2.24, 2.45) is 0 Å². The molecule has 6 nitrogen and oxygen atoms in total. The van der Waals surface area contributed by atoms with Crippen LogP contribution in [0.25, 0.3) is 17.0 Å². The van der Waals surface area contributed by atoms with Crippen molar-refractivity contribution in [1.29, 1.82) is 5.26 Å². The van der Waals surface area contributed by atoms with E-state index in [0.717, 1.165) is 48.1 Å². The SMILES string of the molecule is N#CCCn1cc(/C=C/C(=O)N2CCC(c3cnc[nH]3)CC2)c2ccccc21. The lowest BCUT2D eigenvalue weighted by Gasteiger charge is -2.30. The number of aryl methyl sites for hydroxylation is 1. The van der Waals surface area contributed by atoms with Crippen molar-refractivity contribution in [2.75, 3.05) is 13.1 Å². The quantitative estimate of drug-likeness (QED) is 0.693. The molecule has 1 aliphatic rings. The number of carbonyl (C=O) groups excluding carboxylic acids is 1. The Balaban J connectivity index is 1.44. The molecule has 0 atom stereocenters. The number of fused-ring (bicyclic) bond motifs is 1. The van der Waals surface area contributed by atoms with E-state index in [1.165, 1.54) is 0 Å². The largest absolute Gasteiger partial charge is 0.348 e. The third kappa shape index (κ3) is 3.70. The van der Waals surface area contributed by atoms with Crippen molar-refractivity contribution < 1.29 is 4.79 Å². The summed E-state index contributed by atoms with van der Waals surface area (Å²) in [4.78, 5) is 21.8. The van der Waals surface area contributed by atoms with Crippen LogP contribution in [0.15, 0.2) is 49.1 Å². The van der Waals surface area contributed by atoms with Gasteiger partial charge in [-0.2, -0.15) is 5.26 Å². The first-order chi connectivity index (χ1) is 13.8. The molecule has 0 radical (unpaired) electrons. The fraction of sp³-hybridized carbons (Fsp3) is 0.318. The fourth-order valence-corrected chi connectivity index (χ4v) is 3.93. The van der Waals surface area contributed by atoms with Crippen LogP contribution in [-0.4, -0.2) is 38.4 Å². The second-order valence-electron chi connectivity index (χ2n) is 7.14. The summed E-state index contributed by atoms with van der Waals surface area (Å²) >= 11 is 0. The summed E-state index contributed by atoms with van der Waals surface area (Å²) in [5.74, 6) is 0.505. The number of para-hydroxylation sites is 1. The zero-order valence-electron chi connectivity index (χ0n) is 15.7. The molecule has 3 aromatic rings. The molecule has 0 spiro atoms. The molecule has 1 fully saturated rings. The van der Waals surface area contributed by atoms with E-state index in [-0.39, 0.29) is 5.91 Å². The van der Waals surface area contributed by atoms with Gasteiger partial charge in [0.25, 0.3) is 0 Å². The van der Waals surface area contributed by atoms with Gasteiger partial charge >= 0.3 is 0 Å². The summed E-state index contributed by atoms with van der Waals surface area (Å²) in [5.41, 5.74) is 3.26. The molecule has 6 heteroatoms. The van der Waals surface area contributed by atoms with Gasteiger partial charge in [-0.3, -0.25) is 4.79 Å². The Kier molecular flexibility index (Phi) is 5.24. The molecule has 3 heterocycles. The maximum Gasteiger partial charge on any atom is 0.246 e. The number of rotatable bonds is 5. The minimum atomic E-state index is 0.0527. The number of H-pyrrole nitrogens is 1. The standard InChI is InChI=1S/C22H23N5O/c23-10-3-11-27-15-18(19-4-1-2-5-21(19)27)6-7-22(28)26-12-8-17(9-13-26)20-14-24-16-25-20/h1-2,4-7,14-17H,3,8-9,11-13H2,(H,24,25)/b7-6+. The number of hydrogen-bond acceptors (Lipinski definition) is 3. The lowest BCUT2D eigenvalue weighted by Crippen LogP contribution is -2.36. The number of carbonyl (C=O) groups is 1. The molecule has 1 aromatic carbocycles. The monoisotopic (exact) mass is 373 g/mol. The number of nitrogens with one attached hydrogen (secondary N) is 1. The maximum absolute atomic E-state index is 12.6. The van der Waals surface area contributed by atoms with Gasteiger partial charge < -0.3 is 14.5 Å². The molecule has 1 aliphatic heterocycles. The summed E-state index contributed by atoms with van der Waals surface area (Å²) in [6, 6.07) is 10.3. The Morgan fingerprint density at radius 1 is 1.32 bits per heavy atom. The Morgan fingerprint density at radius 3 is 2.89 bits per heavy atom. The van der Waals surface area contributed by atoms with Gasteiger partial charge in [0, 0.05) is 66.2 Å². The lowest BCUT2D eigenvalue weighted by molar-refractivity contribution is -0.126. The van der Waals surface area contributed by atoms with Gasteiger partial charge in [0.15, 0.2) is 0 Å². The smallest absolute Gasteiger partial charge is 0.246 e. The van der Waals surface area contributed by atoms with Crippen LogP contribution in [0.3, 0.4) is 0 Å². The zero-order chi connectivity index (χ0) is 19.3. The van der Waals surface area contributed by atoms with E-state index >= 15 is 0 Å². The van der Waals surface area contributed by atoms with Crippen LogP contribution in [0.1, 0.15) is 36.4 Å². The summed E-state index contributed by atoms with van der Waals surface area (Å²) < 4.78 is 2.08. The normalized spacial score (nSPS) is 15.3. The first-order valence-electron chi connectivity index (χ1n) is 9.66. The van der Waals surface area contributed by atoms with Crippen LogP contribution in [0.4, 0.5) is 0 Å². The van der Waals surface area contributed by atoms with Gasteiger partial charge in [-0.15, -0.1) is 0 Å². The van der Waals surface area contributed by atoms with E-state index < -0.39 is 0 Å². The van der Waals surface area contributed by atoms with E-state index in [9.17, 15) is 4.79 Å². The average Bonchev–Trinajstić information content (AvgIpc) is 3.39. The maximum atomic E-state index is 12.6. The molecular weight excluding hydrogens is 350 g/mol. The number of benzene rings is 1. The lowest BCUT2D eigenvalue weighted by atomic mass is 9.94. The third-order valence-electron chi connectivity index (χ3n) is 5.46. The molecule has 0 aliphatic carbocycles. The molecule has 28 heavy (non-hydrogen) atoms. The number of amides is 1. The number of aromatic amines is 1. The van der Waals surface area contributed by atoms with Gasteiger partial charge in [-0.1, -0.05) is 18.2 Å². The number of hydrogen-bond donors (Lipinski definition) is 1. The third-order valence-corrected chi connectivity index (χ3v) is 5.46. The molecular formula is C22H23N5O. The molecule has 0 unspecified atom stereocenters. The molecule has 1 amide bonds. The van der Waals surface area contributed by atoms with Gasteiger partial charge in [0.05, 0.1) is 18.8 Å². The van der Waals surface area contributed by atoms with Gasteiger partial charge in [-0.05, 0) is 25.0 Å². The molecule has 0 saturated carbocycles. The minimum Gasteiger partial charge on any atom is -0.348 e. The van der Waals surface area contributed by atoms with E-state index in [4.69, 9.17) is 5.26 Å². The molecule has 0 bridgehead atoms. The van der Waals surface area contributed by atoms with Gasteiger partial charge in [0.2, 0.25) is 5.91 Å². The molecule has 1 saturated heterocycles. The number of piperidine rings is 1. The fourth-order valence-electron chi connectivity index (χ4n) is 3.93. The van der Waals surface area contributed by atoms with Crippen molar-refractivity contribution in [3.8, 4) is 6.07 Å². The zero-order valence-corrected chi connectivity index (χ0v) is 15.7. The van der Waals surface area contributed by atoms with Crippen LogP contribution in [0.5, 0.6) is 0 Å². The first-order valence-corrected chi connectivity index (χ1v) is 9.66. The van der Waals surface area contributed by atoms with Crippen molar-refractivity contribution in [3.63, 3.8) is 0 Å². The predicted molar refractivity (Wildman–Crippen MR) is 108 cm³/mol. The average molecular weight is 373 g/mol. The molecule has 1 N–H and O–H groups in total. The van der Waals surface area contributed by atoms with Gasteiger partial charge in [-0.25, -0.2) is 4.98 Å². The van der Waals surface area contributed by atoms with Crippen molar-refractivity contribution >= 4 is 22.9 Å². The summed E-state index contributed by atoms with van der Waals surface area (Å²) in [6.45, 7) is 2.17. The topological polar surface area (TPSA) is 77.7 Å². The number of nitriles is 1. The highest BCUT2D eigenvalue weighted by molar-refractivity contribution is 5.96. The Bertz CT molecular complexity index is 1020. The summed E-state index contributed by atoms with van der Waals surface area (Å²) in [7, 11) is 0. The first kappa shape index (κ1) is 18.1. The number of aromatic nitrogens is 3.